The van der Waals surface area contributed by atoms with Crippen molar-refractivity contribution in [1.29, 1.82) is 0 Å². The number of hydrogen-bond acceptors (Lipinski definition) is 4. The maximum absolute atomic E-state index is 12.1. The van der Waals surface area contributed by atoms with Crippen molar-refractivity contribution in [3.05, 3.63) is 40.7 Å². The highest BCUT2D eigenvalue weighted by Crippen LogP contribution is 2.22. The van der Waals surface area contributed by atoms with E-state index in [0.29, 0.717) is 17.0 Å². The molecule has 20 heavy (non-hydrogen) atoms. The molecule has 0 aliphatic carbocycles. The van der Waals surface area contributed by atoms with Crippen LogP contribution in [0.2, 0.25) is 0 Å². The molecular weight excluding hydrogens is 262 g/mol. The van der Waals surface area contributed by atoms with Crippen molar-refractivity contribution in [3.8, 4) is 5.75 Å². The van der Waals surface area contributed by atoms with Crippen molar-refractivity contribution in [2.24, 2.45) is 0 Å². The first-order valence-electron chi connectivity index (χ1n) is 5.79. The Balaban J connectivity index is 2.29. The van der Waals surface area contributed by atoms with E-state index in [0.717, 1.165) is 0 Å². The lowest BCUT2D eigenvalue weighted by molar-refractivity contribution is 0.0693. The van der Waals surface area contributed by atoms with E-state index in [1.165, 1.54) is 18.2 Å². The molecule has 0 fully saturated rings. The summed E-state index contributed by atoms with van der Waals surface area (Å²) in [5.74, 6) is -2.02. The molecule has 0 atom stereocenters. The van der Waals surface area contributed by atoms with E-state index in [1.54, 1.807) is 13.8 Å². The van der Waals surface area contributed by atoms with E-state index in [1.807, 2.05) is 0 Å². The summed E-state index contributed by atoms with van der Waals surface area (Å²) in [7, 11) is 0. The second-order valence-electron chi connectivity index (χ2n) is 4.30. The predicted octanol–water partition coefficient (Wildman–Crippen LogP) is 1.68. The monoisotopic (exact) mass is 275 g/mol. The van der Waals surface area contributed by atoms with Crippen LogP contribution in [0, 0.1) is 13.8 Å². The van der Waals surface area contributed by atoms with Crippen LogP contribution in [0.1, 0.15) is 32.1 Å². The molecule has 1 heterocycles. The van der Waals surface area contributed by atoms with Crippen LogP contribution in [0.3, 0.4) is 0 Å². The van der Waals surface area contributed by atoms with E-state index in [9.17, 15) is 14.7 Å². The average Bonchev–Trinajstić information content (AvgIpc) is 2.71. The highest BCUT2D eigenvalue weighted by molar-refractivity contribution is 6.06. The van der Waals surface area contributed by atoms with Gasteiger partial charge in [0.1, 0.15) is 11.3 Å². The standard InChI is InChI=1S/C13H13N3O4/c1-6-11(7(2)16-15-6)12(18)14-8-3-4-10(17)9(5-8)13(19)20/h3-5,17H,1-2H3,(H,14,18)(H,15,16)(H,19,20). The van der Waals surface area contributed by atoms with Gasteiger partial charge in [0.2, 0.25) is 0 Å². The van der Waals surface area contributed by atoms with Crippen molar-refractivity contribution in [2.75, 3.05) is 5.32 Å². The number of aromatic hydroxyl groups is 1. The summed E-state index contributed by atoms with van der Waals surface area (Å²) in [6.45, 7) is 3.41. The Morgan fingerprint density at radius 1 is 1.30 bits per heavy atom. The number of aromatic carboxylic acids is 1. The van der Waals surface area contributed by atoms with Gasteiger partial charge in [-0.25, -0.2) is 4.79 Å². The summed E-state index contributed by atoms with van der Waals surface area (Å²) >= 11 is 0. The molecule has 0 saturated carbocycles. The summed E-state index contributed by atoms with van der Waals surface area (Å²) in [6, 6.07) is 3.83. The summed E-state index contributed by atoms with van der Waals surface area (Å²) in [5, 5.41) is 27.5. The lowest BCUT2D eigenvalue weighted by atomic mass is 10.1. The third-order valence-electron chi connectivity index (χ3n) is 2.84. The Kier molecular flexibility index (Phi) is 3.43. The van der Waals surface area contributed by atoms with E-state index in [4.69, 9.17) is 5.11 Å². The average molecular weight is 275 g/mol. The number of carboxylic acid groups (broad SMARTS) is 1. The van der Waals surface area contributed by atoms with Crippen LogP contribution < -0.4 is 5.32 Å². The molecule has 0 saturated heterocycles. The van der Waals surface area contributed by atoms with Crippen molar-refractivity contribution in [1.82, 2.24) is 10.2 Å². The largest absolute Gasteiger partial charge is 0.507 e. The Morgan fingerprint density at radius 3 is 2.55 bits per heavy atom. The van der Waals surface area contributed by atoms with Gasteiger partial charge in [-0.2, -0.15) is 5.10 Å². The number of H-pyrrole nitrogens is 1. The SMILES string of the molecule is Cc1n[nH]c(C)c1C(=O)Nc1ccc(O)c(C(=O)O)c1. The zero-order chi connectivity index (χ0) is 14.9. The van der Waals surface area contributed by atoms with Crippen LogP contribution in [0.25, 0.3) is 0 Å². The lowest BCUT2D eigenvalue weighted by Gasteiger charge is -2.07. The number of benzene rings is 1. The number of aryl methyl sites for hydroxylation is 2. The van der Waals surface area contributed by atoms with Crippen molar-refractivity contribution >= 4 is 17.6 Å². The van der Waals surface area contributed by atoms with Gasteiger partial charge in [0.25, 0.3) is 5.91 Å². The molecule has 4 N–H and O–H groups in total. The molecule has 0 radical (unpaired) electrons. The smallest absolute Gasteiger partial charge is 0.339 e. The third kappa shape index (κ3) is 2.46. The maximum atomic E-state index is 12.1. The van der Waals surface area contributed by atoms with E-state index in [2.05, 4.69) is 15.5 Å². The summed E-state index contributed by atoms with van der Waals surface area (Å²) in [6.07, 6.45) is 0. The van der Waals surface area contributed by atoms with Crippen LogP contribution >= 0.6 is 0 Å². The van der Waals surface area contributed by atoms with Crippen molar-refractivity contribution in [3.63, 3.8) is 0 Å². The Labute approximate surface area is 114 Å². The minimum atomic E-state index is -1.27. The Morgan fingerprint density at radius 2 is 2.00 bits per heavy atom. The molecule has 1 amide bonds. The van der Waals surface area contributed by atoms with Gasteiger partial charge in [-0.05, 0) is 32.0 Å². The summed E-state index contributed by atoms with van der Waals surface area (Å²) in [4.78, 5) is 23.0. The molecule has 7 heteroatoms. The lowest BCUT2D eigenvalue weighted by Crippen LogP contribution is -2.14. The Hall–Kier alpha value is -2.83. The summed E-state index contributed by atoms with van der Waals surface area (Å²) in [5.41, 5.74) is 1.60. The minimum Gasteiger partial charge on any atom is -0.507 e. The van der Waals surface area contributed by atoms with E-state index in [-0.39, 0.29) is 17.0 Å². The number of nitrogens with one attached hydrogen (secondary N) is 2. The van der Waals surface area contributed by atoms with Gasteiger partial charge in [-0.1, -0.05) is 0 Å². The molecule has 104 valence electrons. The molecule has 7 nitrogen and oxygen atoms in total. The van der Waals surface area contributed by atoms with Gasteiger partial charge < -0.3 is 15.5 Å². The van der Waals surface area contributed by atoms with Gasteiger partial charge in [0.15, 0.2) is 0 Å². The quantitative estimate of drug-likeness (QED) is 0.636. The highest BCUT2D eigenvalue weighted by Gasteiger charge is 2.17. The highest BCUT2D eigenvalue weighted by atomic mass is 16.4. The summed E-state index contributed by atoms with van der Waals surface area (Å²) < 4.78 is 0. The van der Waals surface area contributed by atoms with Gasteiger partial charge in [0, 0.05) is 11.4 Å². The number of carbonyl (C=O) groups excluding carboxylic acids is 1. The van der Waals surface area contributed by atoms with Gasteiger partial charge in [0.05, 0.1) is 11.3 Å². The molecule has 0 aliphatic heterocycles. The molecule has 0 spiro atoms. The predicted molar refractivity (Wildman–Crippen MR) is 71.1 cm³/mol. The zero-order valence-corrected chi connectivity index (χ0v) is 10.9. The second kappa shape index (κ2) is 5.04. The number of rotatable bonds is 3. The van der Waals surface area contributed by atoms with E-state index >= 15 is 0 Å². The molecule has 2 rings (SSSR count). The number of aromatic amines is 1. The first-order chi connectivity index (χ1) is 9.40. The Bertz CT molecular complexity index is 671. The molecule has 0 unspecified atom stereocenters. The second-order valence-corrected chi connectivity index (χ2v) is 4.30. The number of amides is 1. The minimum absolute atomic E-state index is 0.275. The number of carboxylic acids is 1. The maximum Gasteiger partial charge on any atom is 0.339 e. The number of phenols is 1. The fourth-order valence-corrected chi connectivity index (χ4v) is 1.86. The fraction of sp³-hybridized carbons (Fsp3) is 0.154. The fourth-order valence-electron chi connectivity index (χ4n) is 1.86. The number of anilines is 1. The molecule has 0 aliphatic rings. The van der Waals surface area contributed by atoms with Crippen molar-refractivity contribution in [2.45, 2.75) is 13.8 Å². The number of nitrogens with zero attached hydrogens (tertiary/aromatic N) is 1. The van der Waals surface area contributed by atoms with E-state index < -0.39 is 11.9 Å². The molecule has 1 aromatic carbocycles. The molecule has 1 aromatic heterocycles. The number of hydrogen-bond donors (Lipinski definition) is 4. The topological polar surface area (TPSA) is 115 Å². The molecular formula is C13H13N3O4. The van der Waals surface area contributed by atoms with Crippen molar-refractivity contribution < 1.29 is 19.8 Å². The van der Waals surface area contributed by atoms with Gasteiger partial charge in [-0.3, -0.25) is 9.89 Å². The van der Waals surface area contributed by atoms with Crippen LogP contribution in [0.5, 0.6) is 5.75 Å². The zero-order valence-electron chi connectivity index (χ0n) is 10.9. The third-order valence-corrected chi connectivity index (χ3v) is 2.84. The van der Waals surface area contributed by atoms with Gasteiger partial charge in [-0.15, -0.1) is 0 Å². The van der Waals surface area contributed by atoms with Crippen LogP contribution in [-0.2, 0) is 0 Å². The normalized spacial score (nSPS) is 10.3. The number of aromatic nitrogens is 2. The first kappa shape index (κ1) is 13.6. The van der Waals surface area contributed by atoms with Crippen LogP contribution in [0.4, 0.5) is 5.69 Å². The molecule has 0 bridgehead atoms. The molecule has 2 aromatic rings. The van der Waals surface area contributed by atoms with Gasteiger partial charge >= 0.3 is 5.97 Å². The first-order valence-corrected chi connectivity index (χ1v) is 5.79. The van der Waals surface area contributed by atoms with Crippen LogP contribution in [-0.4, -0.2) is 32.3 Å². The van der Waals surface area contributed by atoms with Crippen LogP contribution in [0.15, 0.2) is 18.2 Å². The number of carbonyl (C=O) groups is 2.